The number of amidine groups is 1. The number of nitrogens with zero attached hydrogens (tertiary/aromatic N) is 2. The van der Waals surface area contributed by atoms with E-state index in [0.29, 0.717) is 5.17 Å². The quantitative estimate of drug-likeness (QED) is 0.783. The van der Waals surface area contributed by atoms with Gasteiger partial charge in [0, 0.05) is 16.5 Å². The van der Waals surface area contributed by atoms with Gasteiger partial charge < -0.3 is 0 Å². The van der Waals surface area contributed by atoms with Gasteiger partial charge in [0.05, 0.1) is 0 Å². The highest BCUT2D eigenvalue weighted by Crippen LogP contribution is 2.19. The van der Waals surface area contributed by atoms with Crippen LogP contribution in [0.5, 0.6) is 0 Å². The largest absolute Gasteiger partial charge is 0.255 e. The maximum atomic E-state index is 6.23. The van der Waals surface area contributed by atoms with Crippen LogP contribution in [0.15, 0.2) is 69.1 Å². The molecule has 0 amide bonds. The third-order valence-electron chi connectivity index (χ3n) is 3.14. The third-order valence-corrected chi connectivity index (χ3v) is 4.01. The topological polar surface area (TPSA) is 24.7 Å². The number of hydrogen-bond donors (Lipinski definition) is 0. The van der Waals surface area contributed by atoms with E-state index in [-0.39, 0.29) is 6.04 Å². The molecular weight excluding hydrogens is 336 g/mol. The first-order chi connectivity index (χ1) is 9.72. The van der Waals surface area contributed by atoms with Crippen LogP contribution < -0.4 is 0 Å². The summed E-state index contributed by atoms with van der Waals surface area (Å²) in [4.78, 5) is 9.00. The smallest absolute Gasteiger partial charge is 0.156 e. The van der Waals surface area contributed by atoms with E-state index in [9.17, 15) is 0 Å². The summed E-state index contributed by atoms with van der Waals surface area (Å²) in [5.74, 6) is 0.720. The third kappa shape index (κ3) is 3.00. The Labute approximate surface area is 131 Å². The monoisotopic (exact) mass is 346 g/mol. The summed E-state index contributed by atoms with van der Waals surface area (Å²) < 4.78 is 1.07. The predicted molar refractivity (Wildman–Crippen MR) is 87.9 cm³/mol. The molecular formula is C16H12BrClN2. The molecule has 0 N–H and O–H groups in total. The zero-order chi connectivity index (χ0) is 13.9. The molecule has 3 rings (SSSR count). The molecule has 0 bridgehead atoms. The molecule has 1 unspecified atom stereocenters. The Balaban J connectivity index is 1.80. The molecule has 100 valence electrons. The van der Waals surface area contributed by atoms with Gasteiger partial charge in [-0.25, -0.2) is 4.99 Å². The summed E-state index contributed by atoms with van der Waals surface area (Å²) in [6.45, 7) is 0. The van der Waals surface area contributed by atoms with Crippen molar-refractivity contribution in [3.05, 3.63) is 70.2 Å². The van der Waals surface area contributed by atoms with Crippen LogP contribution in [0.4, 0.5) is 0 Å². The van der Waals surface area contributed by atoms with Crippen molar-refractivity contribution in [3.8, 4) is 0 Å². The van der Waals surface area contributed by atoms with Crippen molar-refractivity contribution >= 4 is 38.5 Å². The van der Waals surface area contributed by atoms with Crippen LogP contribution in [-0.2, 0) is 6.42 Å². The molecule has 2 aromatic carbocycles. The molecule has 0 fully saturated rings. The summed E-state index contributed by atoms with van der Waals surface area (Å²) in [6.07, 6.45) is 0.770. The Morgan fingerprint density at radius 2 is 1.70 bits per heavy atom. The van der Waals surface area contributed by atoms with Crippen molar-refractivity contribution in [2.24, 2.45) is 9.98 Å². The number of aliphatic imine (C=N–C) groups is 2. The van der Waals surface area contributed by atoms with Gasteiger partial charge in [-0.05, 0) is 17.7 Å². The number of rotatable bonds is 3. The first-order valence-corrected chi connectivity index (χ1v) is 7.51. The highest BCUT2D eigenvalue weighted by molar-refractivity contribution is 9.10. The van der Waals surface area contributed by atoms with Crippen LogP contribution in [0.3, 0.4) is 0 Å². The number of benzene rings is 2. The zero-order valence-corrected chi connectivity index (χ0v) is 13.0. The van der Waals surface area contributed by atoms with Gasteiger partial charge in [-0.15, -0.1) is 0 Å². The number of hydrogen-bond acceptors (Lipinski definition) is 2. The number of halogens is 2. The molecule has 0 aromatic heterocycles. The molecule has 1 atom stereocenters. The molecule has 0 radical (unpaired) electrons. The minimum absolute atomic E-state index is 0.0759. The van der Waals surface area contributed by atoms with Crippen molar-refractivity contribution in [3.63, 3.8) is 0 Å². The van der Waals surface area contributed by atoms with Gasteiger partial charge in [-0.3, -0.25) is 4.99 Å². The molecule has 2 aromatic rings. The summed E-state index contributed by atoms with van der Waals surface area (Å²) in [5, 5.41) is 0.562. The van der Waals surface area contributed by atoms with E-state index in [0.717, 1.165) is 22.3 Å². The lowest BCUT2D eigenvalue weighted by molar-refractivity contribution is 0.874. The second-order valence-electron chi connectivity index (χ2n) is 4.60. The van der Waals surface area contributed by atoms with Crippen LogP contribution in [0.1, 0.15) is 11.1 Å². The normalized spacial score (nSPS) is 17.8. The Hall–Kier alpha value is -1.45. The van der Waals surface area contributed by atoms with Gasteiger partial charge in [0.25, 0.3) is 0 Å². The standard InChI is InChI=1S/C16H12BrClN2/c17-13-8-6-11(7-9-13)10-14-15(18)20-16(19-14)12-4-2-1-3-5-12/h1-9,14H,10H2. The van der Waals surface area contributed by atoms with Gasteiger partial charge in [-0.2, -0.15) is 0 Å². The van der Waals surface area contributed by atoms with Crippen LogP contribution in [-0.4, -0.2) is 17.0 Å². The average Bonchev–Trinajstić information content (AvgIpc) is 2.84. The molecule has 0 saturated carbocycles. The lowest BCUT2D eigenvalue weighted by Gasteiger charge is -2.06. The van der Waals surface area contributed by atoms with E-state index < -0.39 is 0 Å². The van der Waals surface area contributed by atoms with E-state index in [1.165, 1.54) is 5.56 Å². The van der Waals surface area contributed by atoms with Crippen LogP contribution in [0.2, 0.25) is 0 Å². The van der Waals surface area contributed by atoms with Crippen LogP contribution in [0.25, 0.3) is 0 Å². The maximum Gasteiger partial charge on any atom is 0.156 e. The van der Waals surface area contributed by atoms with Crippen molar-refractivity contribution in [1.82, 2.24) is 0 Å². The van der Waals surface area contributed by atoms with Gasteiger partial charge >= 0.3 is 0 Å². The molecule has 0 aliphatic carbocycles. The second-order valence-corrected chi connectivity index (χ2v) is 5.90. The Morgan fingerprint density at radius 3 is 2.40 bits per heavy atom. The molecule has 20 heavy (non-hydrogen) atoms. The van der Waals surface area contributed by atoms with Crippen molar-refractivity contribution in [2.45, 2.75) is 12.5 Å². The lowest BCUT2D eigenvalue weighted by Crippen LogP contribution is -2.13. The van der Waals surface area contributed by atoms with E-state index in [1.54, 1.807) is 0 Å². The van der Waals surface area contributed by atoms with Gasteiger partial charge in [0.1, 0.15) is 11.2 Å². The summed E-state index contributed by atoms with van der Waals surface area (Å²) in [7, 11) is 0. The zero-order valence-electron chi connectivity index (χ0n) is 10.6. The van der Waals surface area contributed by atoms with Crippen LogP contribution in [0, 0.1) is 0 Å². The first-order valence-electron chi connectivity index (χ1n) is 6.34. The first kappa shape index (κ1) is 13.5. The van der Waals surface area contributed by atoms with Crippen molar-refractivity contribution in [2.75, 3.05) is 0 Å². The average molecular weight is 348 g/mol. The Bertz CT molecular complexity index is 663. The fraction of sp³-hybridized carbons (Fsp3) is 0.125. The molecule has 2 nitrogen and oxygen atoms in total. The Morgan fingerprint density at radius 1 is 1.00 bits per heavy atom. The molecule has 0 saturated heterocycles. The van der Waals surface area contributed by atoms with Gasteiger partial charge in [0.15, 0.2) is 5.84 Å². The minimum atomic E-state index is -0.0759. The van der Waals surface area contributed by atoms with Crippen LogP contribution >= 0.6 is 27.5 Å². The fourth-order valence-corrected chi connectivity index (χ4v) is 2.58. The molecule has 0 spiro atoms. The molecule has 1 heterocycles. The second kappa shape index (κ2) is 5.90. The lowest BCUT2D eigenvalue weighted by atomic mass is 10.1. The summed E-state index contributed by atoms with van der Waals surface area (Å²) >= 11 is 9.66. The van der Waals surface area contributed by atoms with Crippen molar-refractivity contribution in [1.29, 1.82) is 0 Å². The SMILES string of the molecule is ClC1=NC(c2ccccc2)=NC1Cc1ccc(Br)cc1. The van der Waals surface area contributed by atoms with Crippen molar-refractivity contribution < 1.29 is 0 Å². The molecule has 1 aliphatic heterocycles. The minimum Gasteiger partial charge on any atom is -0.255 e. The van der Waals surface area contributed by atoms with E-state index >= 15 is 0 Å². The fourth-order valence-electron chi connectivity index (χ4n) is 2.11. The molecule has 4 heteroatoms. The van der Waals surface area contributed by atoms with E-state index in [1.807, 2.05) is 42.5 Å². The van der Waals surface area contributed by atoms with E-state index in [4.69, 9.17) is 11.6 Å². The molecule has 1 aliphatic rings. The van der Waals surface area contributed by atoms with Gasteiger partial charge in [-0.1, -0.05) is 70.0 Å². The highest BCUT2D eigenvalue weighted by atomic mass is 79.9. The highest BCUT2D eigenvalue weighted by Gasteiger charge is 2.22. The maximum absolute atomic E-state index is 6.23. The summed E-state index contributed by atoms with van der Waals surface area (Å²) in [5.41, 5.74) is 2.20. The Kier molecular flexibility index (Phi) is 3.99. The van der Waals surface area contributed by atoms with E-state index in [2.05, 4.69) is 38.0 Å². The summed E-state index contributed by atoms with van der Waals surface area (Å²) in [6, 6.07) is 18.0. The van der Waals surface area contributed by atoms with Gasteiger partial charge in [0.2, 0.25) is 0 Å². The predicted octanol–water partition coefficient (Wildman–Crippen LogP) is 4.46.